The van der Waals surface area contributed by atoms with Gasteiger partial charge in [-0.2, -0.15) is 0 Å². The second-order valence-electron chi connectivity index (χ2n) is 12.3. The lowest BCUT2D eigenvalue weighted by Crippen LogP contribution is -2.33. The van der Waals surface area contributed by atoms with Crippen LogP contribution in [0.3, 0.4) is 0 Å². The summed E-state index contributed by atoms with van der Waals surface area (Å²) in [7, 11) is 2.18. The number of hydrogen-bond acceptors (Lipinski definition) is 4. The molecule has 6 nitrogen and oxygen atoms in total. The minimum atomic E-state index is -1.04. The van der Waals surface area contributed by atoms with Crippen molar-refractivity contribution < 1.29 is 13.9 Å². The number of likely N-dealkylation sites (tertiary alicyclic amines) is 1. The summed E-state index contributed by atoms with van der Waals surface area (Å²) < 4.78 is 31.6. The third kappa shape index (κ3) is 4.24. The number of fused-ring (bicyclic) bond motifs is 3. The number of halogens is 2. The molecule has 0 amide bonds. The normalized spacial score (nSPS) is 20.6. The van der Waals surface area contributed by atoms with Crippen LogP contribution in [0.1, 0.15) is 35.8 Å². The van der Waals surface area contributed by atoms with E-state index in [2.05, 4.69) is 34.0 Å². The van der Waals surface area contributed by atoms with Gasteiger partial charge in [-0.3, -0.25) is 9.36 Å². The lowest BCUT2D eigenvalue weighted by Gasteiger charge is -2.29. The monoisotopic (exact) mass is 588 g/mol. The van der Waals surface area contributed by atoms with E-state index in [-0.39, 0.29) is 22.1 Å². The second-order valence-corrected chi connectivity index (χ2v) is 12.3. The first-order valence-electron chi connectivity index (χ1n) is 14.9. The summed E-state index contributed by atoms with van der Waals surface area (Å²) in [5, 5.41) is 11.1. The van der Waals surface area contributed by atoms with Gasteiger partial charge in [0, 0.05) is 23.7 Å². The van der Waals surface area contributed by atoms with Gasteiger partial charge in [0.05, 0.1) is 16.4 Å². The summed E-state index contributed by atoms with van der Waals surface area (Å²) in [5.41, 5.74) is 4.06. The van der Waals surface area contributed by atoms with Crippen LogP contribution in [0.5, 0.6) is 5.75 Å². The Bertz CT molecular complexity index is 2100. The molecule has 220 valence electrons. The zero-order valence-electron chi connectivity index (χ0n) is 24.1. The molecule has 8 heteroatoms. The van der Waals surface area contributed by atoms with E-state index in [0.29, 0.717) is 33.7 Å². The van der Waals surface area contributed by atoms with Crippen LogP contribution >= 0.6 is 0 Å². The lowest BCUT2D eigenvalue weighted by atomic mass is 9.86. The number of aromatic nitrogens is 3. The van der Waals surface area contributed by atoms with E-state index in [1.54, 1.807) is 12.3 Å². The van der Waals surface area contributed by atoms with E-state index >= 15 is 4.39 Å². The highest BCUT2D eigenvalue weighted by atomic mass is 19.1. The van der Waals surface area contributed by atoms with E-state index < -0.39 is 23.2 Å². The van der Waals surface area contributed by atoms with Gasteiger partial charge in [0.25, 0.3) is 5.56 Å². The fourth-order valence-corrected chi connectivity index (χ4v) is 7.26. The number of phenolic OH excluding ortho intramolecular Hbond substituents is 1. The summed E-state index contributed by atoms with van der Waals surface area (Å²) in [6, 6.07) is 23.2. The van der Waals surface area contributed by atoms with Crippen LogP contribution < -0.4 is 5.56 Å². The van der Waals surface area contributed by atoms with E-state index in [0.717, 1.165) is 31.1 Å². The number of pyridine rings is 1. The Morgan fingerprint density at radius 3 is 2.61 bits per heavy atom. The van der Waals surface area contributed by atoms with Gasteiger partial charge in [-0.25, -0.2) is 13.8 Å². The number of imidazole rings is 1. The Kier molecular flexibility index (Phi) is 6.00. The first-order chi connectivity index (χ1) is 21.3. The standard InChI is InChI=1S/C36H30F2N4O2/c1-41-15-13-36(19-25(36)20-41)24-8-6-21(7-9-24)23-16-22-12-14-42(35(44)32(22)28(38)17-23)33(27-18-26(37)10-11-31(27)43)34-39-29-4-2-3-5-30(29)40-34/h2-12,14,16-18,25,33,43H,13,15,19-20H2,1H3,(H,39,40). The maximum Gasteiger partial charge on any atom is 0.262 e. The van der Waals surface area contributed by atoms with Crippen LogP contribution in [0, 0.1) is 17.6 Å². The molecule has 2 aromatic heterocycles. The average Bonchev–Trinajstić information content (AvgIpc) is 3.60. The number of H-pyrrole nitrogens is 1. The molecule has 3 unspecified atom stereocenters. The van der Waals surface area contributed by atoms with Gasteiger partial charge >= 0.3 is 0 Å². The molecule has 1 saturated heterocycles. The molecule has 0 radical (unpaired) electrons. The molecule has 44 heavy (non-hydrogen) atoms. The van der Waals surface area contributed by atoms with Gasteiger partial charge < -0.3 is 15.0 Å². The van der Waals surface area contributed by atoms with Crippen molar-refractivity contribution in [3.8, 4) is 16.9 Å². The van der Waals surface area contributed by atoms with Gasteiger partial charge in [-0.15, -0.1) is 0 Å². The molecule has 2 aliphatic rings. The zero-order chi connectivity index (χ0) is 30.2. The van der Waals surface area contributed by atoms with Gasteiger partial charge in [0.1, 0.15) is 29.3 Å². The number of phenols is 1. The highest BCUT2D eigenvalue weighted by Crippen LogP contribution is 2.59. The number of rotatable bonds is 5. The number of aromatic hydroxyl groups is 1. The Morgan fingerprint density at radius 1 is 1.00 bits per heavy atom. The maximum atomic E-state index is 15.9. The predicted molar refractivity (Wildman–Crippen MR) is 167 cm³/mol. The van der Waals surface area contributed by atoms with Crippen LogP contribution in [0.15, 0.2) is 95.9 Å². The Labute approximate surface area is 252 Å². The molecule has 8 rings (SSSR count). The van der Waals surface area contributed by atoms with Crippen molar-refractivity contribution in [2.75, 3.05) is 20.1 Å². The molecule has 4 aromatic carbocycles. The number of hydrogen-bond donors (Lipinski definition) is 2. The van der Waals surface area contributed by atoms with Crippen molar-refractivity contribution in [1.29, 1.82) is 0 Å². The van der Waals surface area contributed by atoms with Crippen molar-refractivity contribution in [2.45, 2.75) is 24.3 Å². The first-order valence-corrected chi connectivity index (χ1v) is 14.9. The topological polar surface area (TPSA) is 74.2 Å². The summed E-state index contributed by atoms with van der Waals surface area (Å²) in [6.07, 6.45) is 3.93. The Balaban J connectivity index is 1.21. The highest BCUT2D eigenvalue weighted by molar-refractivity contribution is 5.87. The quantitative estimate of drug-likeness (QED) is 0.233. The fourth-order valence-electron chi connectivity index (χ4n) is 7.26. The van der Waals surface area contributed by atoms with Crippen molar-refractivity contribution in [3.63, 3.8) is 0 Å². The molecule has 0 spiro atoms. The average molecular weight is 589 g/mol. The number of nitrogens with zero attached hydrogens (tertiary/aromatic N) is 3. The van der Waals surface area contributed by atoms with E-state index in [9.17, 15) is 14.3 Å². The molecule has 3 atom stereocenters. The number of nitrogens with one attached hydrogen (secondary N) is 1. The van der Waals surface area contributed by atoms with Crippen LogP contribution in [0.2, 0.25) is 0 Å². The van der Waals surface area contributed by atoms with Crippen molar-refractivity contribution in [1.82, 2.24) is 19.4 Å². The van der Waals surface area contributed by atoms with Gasteiger partial charge in [0.2, 0.25) is 0 Å². The predicted octanol–water partition coefficient (Wildman–Crippen LogP) is 6.76. The minimum Gasteiger partial charge on any atom is -0.508 e. The van der Waals surface area contributed by atoms with Crippen molar-refractivity contribution in [3.05, 3.63) is 130 Å². The number of aromatic amines is 1. The molecule has 6 aromatic rings. The van der Waals surface area contributed by atoms with Gasteiger partial charge in [-0.05, 0) is 103 Å². The number of benzene rings is 4. The highest BCUT2D eigenvalue weighted by Gasteiger charge is 2.56. The van der Waals surface area contributed by atoms with E-state index in [4.69, 9.17) is 0 Å². The summed E-state index contributed by atoms with van der Waals surface area (Å²) in [5.74, 6) is -0.427. The molecule has 3 heterocycles. The minimum absolute atomic E-state index is 0.0871. The third-order valence-corrected chi connectivity index (χ3v) is 9.71. The Hall–Kier alpha value is -4.82. The molecule has 1 saturated carbocycles. The van der Waals surface area contributed by atoms with Crippen molar-refractivity contribution in [2.24, 2.45) is 5.92 Å². The van der Waals surface area contributed by atoms with Gasteiger partial charge in [-0.1, -0.05) is 36.4 Å². The van der Waals surface area contributed by atoms with Crippen molar-refractivity contribution >= 4 is 21.8 Å². The van der Waals surface area contributed by atoms with Crippen LogP contribution in [-0.2, 0) is 5.41 Å². The molecule has 0 bridgehead atoms. The smallest absolute Gasteiger partial charge is 0.262 e. The van der Waals surface area contributed by atoms with Gasteiger partial charge in [0.15, 0.2) is 0 Å². The SMILES string of the molecule is CN1CCC2(c3ccc(-c4cc(F)c5c(=O)n(C(c6nc7ccccc7[nH]6)c6cc(F)ccc6O)ccc5c4)cc3)CC2C1. The van der Waals surface area contributed by atoms with Crippen LogP contribution in [0.4, 0.5) is 8.78 Å². The summed E-state index contributed by atoms with van der Waals surface area (Å²) >= 11 is 0. The Morgan fingerprint density at radius 2 is 1.82 bits per heavy atom. The zero-order valence-corrected chi connectivity index (χ0v) is 24.1. The van der Waals surface area contributed by atoms with Crippen LogP contribution in [-0.4, -0.2) is 44.7 Å². The molecule has 1 aliphatic carbocycles. The molecular formula is C36H30F2N4O2. The number of para-hydroxylation sites is 2. The van der Waals surface area contributed by atoms with E-state index in [1.807, 2.05) is 42.5 Å². The fraction of sp³-hybridized carbons (Fsp3) is 0.222. The number of piperidine rings is 1. The largest absolute Gasteiger partial charge is 0.508 e. The maximum absolute atomic E-state index is 15.9. The molecule has 2 N–H and O–H groups in total. The van der Waals surface area contributed by atoms with E-state index in [1.165, 1.54) is 34.8 Å². The first kappa shape index (κ1) is 26.8. The molecule has 2 fully saturated rings. The molecular weight excluding hydrogens is 558 g/mol. The second kappa shape index (κ2) is 9.86. The lowest BCUT2D eigenvalue weighted by molar-refractivity contribution is 0.248. The summed E-state index contributed by atoms with van der Waals surface area (Å²) in [6.45, 7) is 2.23. The summed E-state index contributed by atoms with van der Waals surface area (Å²) in [4.78, 5) is 24.2. The third-order valence-electron chi connectivity index (χ3n) is 9.71. The van der Waals surface area contributed by atoms with Crippen LogP contribution in [0.25, 0.3) is 32.9 Å². The molecule has 1 aliphatic heterocycles.